The Bertz CT molecular complexity index is 1070. The zero-order chi connectivity index (χ0) is 20.3. The maximum atomic E-state index is 12.5. The largest absolute Gasteiger partial charge is 0.454 e. The number of fused-ring (bicyclic) bond motifs is 2. The molecule has 0 saturated carbocycles. The highest BCUT2D eigenvalue weighted by molar-refractivity contribution is 7.99. The monoisotopic (exact) mass is 421 g/mol. The minimum Gasteiger partial charge on any atom is -0.454 e. The zero-order valence-corrected chi connectivity index (χ0v) is 17.4. The number of rotatable bonds is 6. The number of carbonyl (C=O) groups is 1. The molecule has 0 bridgehead atoms. The summed E-state index contributed by atoms with van der Waals surface area (Å²) in [6.07, 6.45) is 4.41. The Labute approximate surface area is 179 Å². The van der Waals surface area contributed by atoms with Gasteiger partial charge in [-0.25, -0.2) is 4.98 Å². The molecule has 1 aromatic heterocycles. The van der Waals surface area contributed by atoms with Crippen LogP contribution in [0.15, 0.2) is 53.7 Å². The van der Waals surface area contributed by atoms with Gasteiger partial charge in [-0.05, 0) is 55.5 Å². The number of imidazole rings is 1. The number of aromatic nitrogens is 2. The molecule has 0 atom stereocenters. The fraction of sp³-hybridized carbons (Fsp3) is 0.304. The van der Waals surface area contributed by atoms with Gasteiger partial charge in [-0.3, -0.25) is 9.36 Å². The number of hydrogen-bond acceptors (Lipinski definition) is 5. The van der Waals surface area contributed by atoms with Crippen LogP contribution in [0.5, 0.6) is 11.5 Å². The predicted octanol–water partition coefficient (Wildman–Crippen LogP) is 3.89. The predicted molar refractivity (Wildman–Crippen MR) is 115 cm³/mol. The van der Waals surface area contributed by atoms with E-state index in [0.717, 1.165) is 40.7 Å². The number of hydrogen-bond donors (Lipinski definition) is 1. The van der Waals surface area contributed by atoms with Crippen molar-refractivity contribution in [2.75, 3.05) is 12.5 Å². The van der Waals surface area contributed by atoms with Gasteiger partial charge in [0.1, 0.15) is 0 Å². The second-order valence-corrected chi connectivity index (χ2v) is 8.36. The van der Waals surface area contributed by atoms with Crippen molar-refractivity contribution < 1.29 is 14.3 Å². The van der Waals surface area contributed by atoms with Gasteiger partial charge in [0.25, 0.3) is 0 Å². The van der Waals surface area contributed by atoms with Crippen molar-refractivity contribution in [3.05, 3.63) is 65.5 Å². The molecular weight excluding hydrogens is 398 g/mol. The van der Waals surface area contributed by atoms with Gasteiger partial charge in [-0.2, -0.15) is 0 Å². The molecule has 2 aromatic carbocycles. The summed E-state index contributed by atoms with van der Waals surface area (Å²) in [5, 5.41) is 3.88. The molecule has 0 spiro atoms. The fourth-order valence-corrected chi connectivity index (χ4v) is 4.77. The Hall–Kier alpha value is -2.93. The molecule has 0 saturated heterocycles. The summed E-state index contributed by atoms with van der Waals surface area (Å²) in [7, 11) is 0. The average molecular weight is 422 g/mol. The SMILES string of the molecule is O=C(CSc1nc2c(n1-c1ccccc1)CCCC2)NCc1ccc2c(c1)OCO2. The van der Waals surface area contributed by atoms with E-state index >= 15 is 0 Å². The highest BCUT2D eigenvalue weighted by atomic mass is 32.2. The lowest BCUT2D eigenvalue weighted by atomic mass is 10.0. The van der Waals surface area contributed by atoms with Crippen molar-refractivity contribution in [3.63, 3.8) is 0 Å². The molecule has 0 fully saturated rings. The van der Waals surface area contributed by atoms with E-state index in [1.807, 2.05) is 36.4 Å². The second kappa shape index (κ2) is 8.44. The van der Waals surface area contributed by atoms with Gasteiger partial charge in [-0.1, -0.05) is 36.0 Å². The van der Waals surface area contributed by atoms with Crippen molar-refractivity contribution >= 4 is 17.7 Å². The summed E-state index contributed by atoms with van der Waals surface area (Å²) in [4.78, 5) is 17.4. The normalized spacial score (nSPS) is 14.4. The number of carbonyl (C=O) groups excluding carboxylic acids is 1. The van der Waals surface area contributed by atoms with Crippen LogP contribution in [0.3, 0.4) is 0 Å². The van der Waals surface area contributed by atoms with E-state index in [0.29, 0.717) is 12.3 Å². The topological polar surface area (TPSA) is 65.4 Å². The fourth-order valence-electron chi connectivity index (χ4n) is 3.89. The summed E-state index contributed by atoms with van der Waals surface area (Å²) in [5.41, 5.74) is 4.55. The Morgan fingerprint density at radius 1 is 1.07 bits per heavy atom. The van der Waals surface area contributed by atoms with Gasteiger partial charge in [0, 0.05) is 17.9 Å². The van der Waals surface area contributed by atoms with E-state index in [2.05, 4.69) is 22.0 Å². The van der Waals surface area contributed by atoms with E-state index < -0.39 is 0 Å². The molecule has 1 aliphatic heterocycles. The maximum Gasteiger partial charge on any atom is 0.231 e. The van der Waals surface area contributed by atoms with E-state index in [9.17, 15) is 4.79 Å². The minimum absolute atomic E-state index is 0.0155. The van der Waals surface area contributed by atoms with Crippen LogP contribution in [-0.2, 0) is 24.2 Å². The van der Waals surface area contributed by atoms with E-state index in [1.54, 1.807) is 0 Å². The number of benzene rings is 2. The molecule has 6 nitrogen and oxygen atoms in total. The molecule has 3 aromatic rings. The summed E-state index contributed by atoms with van der Waals surface area (Å²) in [6, 6.07) is 16.0. The molecule has 0 radical (unpaired) electrons. The molecule has 2 heterocycles. The maximum absolute atomic E-state index is 12.5. The van der Waals surface area contributed by atoms with Crippen LogP contribution in [0, 0.1) is 0 Å². The Morgan fingerprint density at radius 2 is 1.90 bits per heavy atom. The summed E-state index contributed by atoms with van der Waals surface area (Å²) in [6.45, 7) is 0.708. The van der Waals surface area contributed by atoms with Gasteiger partial charge in [0.2, 0.25) is 12.7 Å². The summed E-state index contributed by atoms with van der Waals surface area (Å²) < 4.78 is 12.9. The third-order valence-electron chi connectivity index (χ3n) is 5.38. The van der Waals surface area contributed by atoms with Gasteiger partial charge in [0.15, 0.2) is 16.7 Å². The lowest BCUT2D eigenvalue weighted by Gasteiger charge is -2.15. The van der Waals surface area contributed by atoms with Crippen molar-refractivity contribution in [1.29, 1.82) is 0 Å². The Kier molecular flexibility index (Phi) is 5.36. The molecule has 1 N–H and O–H groups in total. The number of para-hydroxylation sites is 1. The highest BCUT2D eigenvalue weighted by Gasteiger charge is 2.22. The highest BCUT2D eigenvalue weighted by Crippen LogP contribution is 2.33. The quantitative estimate of drug-likeness (QED) is 0.612. The summed E-state index contributed by atoms with van der Waals surface area (Å²) in [5.74, 6) is 1.79. The van der Waals surface area contributed by atoms with Crippen molar-refractivity contribution in [3.8, 4) is 17.2 Å². The van der Waals surface area contributed by atoms with E-state index in [-0.39, 0.29) is 12.7 Å². The minimum atomic E-state index is -0.0155. The number of ether oxygens (including phenoxy) is 2. The smallest absolute Gasteiger partial charge is 0.231 e. The Balaban J connectivity index is 1.26. The van der Waals surface area contributed by atoms with Crippen LogP contribution in [0.2, 0.25) is 0 Å². The van der Waals surface area contributed by atoms with Crippen LogP contribution in [0.1, 0.15) is 29.8 Å². The third-order valence-corrected chi connectivity index (χ3v) is 6.31. The molecule has 5 rings (SSSR count). The third kappa shape index (κ3) is 3.89. The molecule has 0 unspecified atom stereocenters. The van der Waals surface area contributed by atoms with Gasteiger partial charge in [0.05, 0.1) is 11.4 Å². The van der Waals surface area contributed by atoms with E-state index in [1.165, 1.54) is 36.0 Å². The van der Waals surface area contributed by atoms with Gasteiger partial charge >= 0.3 is 0 Å². The van der Waals surface area contributed by atoms with Gasteiger partial charge < -0.3 is 14.8 Å². The van der Waals surface area contributed by atoms with Crippen LogP contribution < -0.4 is 14.8 Å². The Morgan fingerprint density at radius 3 is 2.80 bits per heavy atom. The first kappa shape index (κ1) is 19.1. The first-order valence-electron chi connectivity index (χ1n) is 10.2. The van der Waals surface area contributed by atoms with Crippen LogP contribution in [0.4, 0.5) is 0 Å². The molecule has 30 heavy (non-hydrogen) atoms. The second-order valence-electron chi connectivity index (χ2n) is 7.42. The van der Waals surface area contributed by atoms with Crippen molar-refractivity contribution in [2.24, 2.45) is 0 Å². The first-order chi connectivity index (χ1) is 14.8. The van der Waals surface area contributed by atoms with E-state index in [4.69, 9.17) is 14.5 Å². The molecule has 7 heteroatoms. The number of amides is 1. The molecule has 2 aliphatic rings. The van der Waals surface area contributed by atoms with Crippen LogP contribution in [-0.4, -0.2) is 28.0 Å². The first-order valence-corrected chi connectivity index (χ1v) is 11.2. The van der Waals surface area contributed by atoms with Crippen molar-refractivity contribution in [1.82, 2.24) is 14.9 Å². The number of aryl methyl sites for hydroxylation is 1. The molecule has 1 aliphatic carbocycles. The molecule has 154 valence electrons. The zero-order valence-electron chi connectivity index (χ0n) is 16.6. The number of thioether (sulfide) groups is 1. The lowest BCUT2D eigenvalue weighted by Crippen LogP contribution is -2.24. The van der Waals surface area contributed by atoms with Crippen LogP contribution in [0.25, 0.3) is 5.69 Å². The van der Waals surface area contributed by atoms with Gasteiger partial charge in [-0.15, -0.1) is 0 Å². The lowest BCUT2D eigenvalue weighted by molar-refractivity contribution is -0.118. The molecule has 1 amide bonds. The molecular formula is C23H23N3O3S. The average Bonchev–Trinajstić information content (AvgIpc) is 3.40. The standard InChI is InChI=1S/C23H23N3O3S/c27-22(24-13-16-10-11-20-21(12-16)29-15-28-20)14-30-23-25-18-8-4-5-9-19(18)26(23)17-6-2-1-3-7-17/h1-3,6-7,10-12H,4-5,8-9,13-15H2,(H,24,27). The van der Waals surface area contributed by atoms with Crippen LogP contribution >= 0.6 is 11.8 Å². The summed E-state index contributed by atoms with van der Waals surface area (Å²) >= 11 is 1.49. The number of nitrogens with one attached hydrogen (secondary N) is 1. The van der Waals surface area contributed by atoms with Crippen molar-refractivity contribution in [2.45, 2.75) is 37.4 Å². The number of nitrogens with zero attached hydrogens (tertiary/aromatic N) is 2.